The van der Waals surface area contributed by atoms with Gasteiger partial charge >= 0.3 is 5.97 Å². The topological polar surface area (TPSA) is 75.6 Å². The largest absolute Gasteiger partial charge is 0.483 e. The molecule has 0 aliphatic rings. The molecule has 132 valence electrons. The SMILES string of the molecule is O=C(O)CCCCNC(=O)COc1ccccc1Cc1ccccc1. The Morgan fingerprint density at radius 1 is 0.960 bits per heavy atom. The number of hydrogen-bond acceptors (Lipinski definition) is 3. The number of amides is 1. The van der Waals surface area contributed by atoms with E-state index in [1.807, 2.05) is 42.5 Å². The van der Waals surface area contributed by atoms with Gasteiger partial charge in [-0.3, -0.25) is 9.59 Å². The molecule has 0 spiro atoms. The zero-order chi connectivity index (χ0) is 17.9. The molecule has 0 aromatic heterocycles. The monoisotopic (exact) mass is 341 g/mol. The molecular weight excluding hydrogens is 318 g/mol. The van der Waals surface area contributed by atoms with E-state index in [2.05, 4.69) is 17.4 Å². The molecule has 0 aliphatic heterocycles. The van der Waals surface area contributed by atoms with Gasteiger partial charge in [0.1, 0.15) is 5.75 Å². The number of rotatable bonds is 10. The van der Waals surface area contributed by atoms with E-state index in [-0.39, 0.29) is 18.9 Å². The number of carboxylic acid groups (broad SMARTS) is 1. The lowest BCUT2D eigenvalue weighted by atomic mass is 10.0. The molecule has 1 amide bonds. The number of unbranched alkanes of at least 4 members (excludes halogenated alkanes) is 1. The van der Waals surface area contributed by atoms with Gasteiger partial charge in [-0.25, -0.2) is 0 Å². The summed E-state index contributed by atoms with van der Waals surface area (Å²) in [7, 11) is 0. The van der Waals surface area contributed by atoms with Crippen molar-refractivity contribution in [3.63, 3.8) is 0 Å². The van der Waals surface area contributed by atoms with E-state index in [0.717, 1.165) is 12.0 Å². The number of para-hydroxylation sites is 1. The summed E-state index contributed by atoms with van der Waals surface area (Å²) in [4.78, 5) is 22.2. The fourth-order valence-electron chi connectivity index (χ4n) is 2.43. The molecule has 0 unspecified atom stereocenters. The van der Waals surface area contributed by atoms with Gasteiger partial charge < -0.3 is 15.2 Å². The first-order valence-corrected chi connectivity index (χ1v) is 8.38. The van der Waals surface area contributed by atoms with E-state index in [0.29, 0.717) is 25.1 Å². The van der Waals surface area contributed by atoms with Gasteiger partial charge in [0, 0.05) is 19.4 Å². The van der Waals surface area contributed by atoms with Gasteiger partial charge in [-0.15, -0.1) is 0 Å². The fourth-order valence-corrected chi connectivity index (χ4v) is 2.43. The van der Waals surface area contributed by atoms with Crippen LogP contribution in [0, 0.1) is 0 Å². The zero-order valence-electron chi connectivity index (χ0n) is 14.1. The van der Waals surface area contributed by atoms with E-state index in [4.69, 9.17) is 9.84 Å². The second-order valence-corrected chi connectivity index (χ2v) is 5.76. The normalized spacial score (nSPS) is 10.2. The maximum Gasteiger partial charge on any atom is 0.303 e. The molecule has 0 atom stereocenters. The van der Waals surface area contributed by atoms with Crippen molar-refractivity contribution in [3.05, 3.63) is 65.7 Å². The van der Waals surface area contributed by atoms with Crippen molar-refractivity contribution in [1.29, 1.82) is 0 Å². The van der Waals surface area contributed by atoms with E-state index in [1.54, 1.807) is 0 Å². The Morgan fingerprint density at radius 3 is 2.44 bits per heavy atom. The maximum absolute atomic E-state index is 11.8. The second-order valence-electron chi connectivity index (χ2n) is 5.76. The minimum absolute atomic E-state index is 0.0509. The lowest BCUT2D eigenvalue weighted by molar-refractivity contribution is -0.137. The Kier molecular flexibility index (Phi) is 7.50. The average Bonchev–Trinajstić information content (AvgIpc) is 2.61. The van der Waals surface area contributed by atoms with Crippen LogP contribution in [0.3, 0.4) is 0 Å². The van der Waals surface area contributed by atoms with Crippen molar-refractivity contribution in [2.24, 2.45) is 0 Å². The Hall–Kier alpha value is -2.82. The van der Waals surface area contributed by atoms with Crippen LogP contribution in [0.5, 0.6) is 5.75 Å². The number of ether oxygens (including phenoxy) is 1. The van der Waals surface area contributed by atoms with Crippen molar-refractivity contribution in [2.75, 3.05) is 13.2 Å². The quantitative estimate of drug-likeness (QED) is 0.651. The molecule has 0 saturated heterocycles. The number of aliphatic carboxylic acids is 1. The number of carboxylic acids is 1. The zero-order valence-corrected chi connectivity index (χ0v) is 14.1. The molecular formula is C20H23NO4. The van der Waals surface area contributed by atoms with Crippen LogP contribution in [0.1, 0.15) is 30.4 Å². The third kappa shape index (κ3) is 7.08. The van der Waals surface area contributed by atoms with E-state index in [9.17, 15) is 9.59 Å². The summed E-state index contributed by atoms with van der Waals surface area (Å²) in [6.07, 6.45) is 2.06. The van der Waals surface area contributed by atoms with Gasteiger partial charge in [-0.05, 0) is 30.0 Å². The van der Waals surface area contributed by atoms with E-state index < -0.39 is 5.97 Å². The molecule has 25 heavy (non-hydrogen) atoms. The minimum atomic E-state index is -0.815. The van der Waals surface area contributed by atoms with E-state index >= 15 is 0 Å². The summed E-state index contributed by atoms with van der Waals surface area (Å²) in [5.41, 5.74) is 2.21. The molecule has 2 rings (SSSR count). The van der Waals surface area contributed by atoms with Crippen molar-refractivity contribution < 1.29 is 19.4 Å². The van der Waals surface area contributed by atoms with Crippen molar-refractivity contribution in [2.45, 2.75) is 25.7 Å². The number of hydrogen-bond donors (Lipinski definition) is 2. The molecule has 2 N–H and O–H groups in total. The van der Waals surface area contributed by atoms with Gasteiger partial charge in [0.2, 0.25) is 0 Å². The molecule has 0 heterocycles. The molecule has 2 aromatic carbocycles. The van der Waals surface area contributed by atoms with Crippen molar-refractivity contribution in [3.8, 4) is 5.75 Å². The van der Waals surface area contributed by atoms with Gasteiger partial charge in [-0.1, -0.05) is 48.5 Å². The second kappa shape index (κ2) is 10.1. The number of carbonyl (C=O) groups is 2. The molecule has 0 aliphatic carbocycles. The molecule has 0 radical (unpaired) electrons. The number of benzene rings is 2. The highest BCUT2D eigenvalue weighted by Crippen LogP contribution is 2.21. The van der Waals surface area contributed by atoms with Crippen LogP contribution in [-0.2, 0) is 16.0 Å². The third-order valence-corrected chi connectivity index (χ3v) is 3.71. The Labute approximate surface area is 147 Å². The summed E-state index contributed by atoms with van der Waals surface area (Å²) in [6.45, 7) is 0.409. The average molecular weight is 341 g/mol. The Bertz CT molecular complexity index is 685. The molecule has 2 aromatic rings. The van der Waals surface area contributed by atoms with E-state index in [1.165, 1.54) is 5.56 Å². The van der Waals surface area contributed by atoms with Gasteiger partial charge in [0.15, 0.2) is 6.61 Å². The van der Waals surface area contributed by atoms with Crippen LogP contribution < -0.4 is 10.1 Å². The number of carbonyl (C=O) groups excluding carboxylic acids is 1. The molecule has 5 nitrogen and oxygen atoms in total. The smallest absolute Gasteiger partial charge is 0.303 e. The highest BCUT2D eigenvalue weighted by Gasteiger charge is 2.07. The minimum Gasteiger partial charge on any atom is -0.483 e. The summed E-state index contributed by atoms with van der Waals surface area (Å²) in [5.74, 6) is -0.318. The van der Waals surface area contributed by atoms with Crippen LogP contribution in [0.4, 0.5) is 0 Å². The highest BCUT2D eigenvalue weighted by molar-refractivity contribution is 5.77. The lowest BCUT2D eigenvalue weighted by Gasteiger charge is -2.12. The predicted octanol–water partition coefficient (Wildman–Crippen LogP) is 3.03. The first kappa shape index (κ1) is 18.5. The van der Waals surface area contributed by atoms with Crippen molar-refractivity contribution >= 4 is 11.9 Å². The van der Waals surface area contributed by atoms with Crippen LogP contribution in [0.25, 0.3) is 0 Å². The first-order chi connectivity index (χ1) is 12.1. The van der Waals surface area contributed by atoms with Gasteiger partial charge in [0.25, 0.3) is 5.91 Å². The summed E-state index contributed by atoms with van der Waals surface area (Å²) < 4.78 is 5.66. The lowest BCUT2D eigenvalue weighted by Crippen LogP contribution is -2.29. The molecule has 0 saturated carbocycles. The van der Waals surface area contributed by atoms with Crippen LogP contribution in [-0.4, -0.2) is 30.1 Å². The fraction of sp³-hybridized carbons (Fsp3) is 0.300. The third-order valence-electron chi connectivity index (χ3n) is 3.71. The van der Waals surface area contributed by atoms with Gasteiger partial charge in [0.05, 0.1) is 0 Å². The van der Waals surface area contributed by atoms with Crippen LogP contribution in [0.15, 0.2) is 54.6 Å². The van der Waals surface area contributed by atoms with Crippen LogP contribution in [0.2, 0.25) is 0 Å². The number of nitrogens with one attached hydrogen (secondary N) is 1. The molecule has 0 fully saturated rings. The highest BCUT2D eigenvalue weighted by atomic mass is 16.5. The maximum atomic E-state index is 11.8. The summed E-state index contributed by atoms with van der Waals surface area (Å²) >= 11 is 0. The van der Waals surface area contributed by atoms with Crippen LogP contribution >= 0.6 is 0 Å². The standard InChI is InChI=1S/C20H23NO4/c22-19(21-13-7-6-12-20(23)24)15-25-18-11-5-4-10-17(18)14-16-8-2-1-3-9-16/h1-5,8-11H,6-7,12-15H2,(H,21,22)(H,23,24). The molecule has 0 bridgehead atoms. The predicted molar refractivity (Wildman–Crippen MR) is 95.7 cm³/mol. The van der Waals surface area contributed by atoms with Gasteiger partial charge in [-0.2, -0.15) is 0 Å². The summed E-state index contributed by atoms with van der Waals surface area (Å²) in [6, 6.07) is 17.8. The Morgan fingerprint density at radius 2 is 1.68 bits per heavy atom. The van der Waals surface area contributed by atoms with Crippen molar-refractivity contribution in [1.82, 2.24) is 5.32 Å². The first-order valence-electron chi connectivity index (χ1n) is 8.38. The summed E-state index contributed by atoms with van der Waals surface area (Å²) in [5, 5.41) is 11.3. The molecule has 5 heteroatoms. The Balaban J connectivity index is 1.78.